The highest BCUT2D eigenvalue weighted by atomic mass is 16.5. The SMILES string of the molecule is CCCCCCCC/C=C/CCCCCCCC(=O)O[C@H]1CC[C@@]2(C)C(=CC[C@H]3[C@@H]4CC[C@H]([C@H](C)CC[C@@H](CC)C(C)C)[C@@]4(C)CC[C@@H]32)C1. The second kappa shape index (κ2) is 20.3. The highest BCUT2D eigenvalue weighted by molar-refractivity contribution is 5.69. The first-order valence-electron chi connectivity index (χ1n) is 22.2. The van der Waals surface area contributed by atoms with Gasteiger partial charge in [0.05, 0.1) is 0 Å². The largest absolute Gasteiger partial charge is 0.462 e. The number of unbranched alkanes of at least 4 members (excludes halogenated alkanes) is 11. The normalized spacial score (nSPS) is 32.4. The summed E-state index contributed by atoms with van der Waals surface area (Å²) >= 11 is 0. The van der Waals surface area contributed by atoms with Crippen molar-refractivity contribution in [3.8, 4) is 0 Å². The van der Waals surface area contributed by atoms with E-state index >= 15 is 0 Å². The molecule has 2 nitrogen and oxygen atoms in total. The Morgan fingerprint density at radius 2 is 1.49 bits per heavy atom. The quantitative estimate of drug-likeness (QED) is 0.0647. The van der Waals surface area contributed by atoms with E-state index < -0.39 is 0 Å². The average molecular weight is 679 g/mol. The minimum atomic E-state index is 0.0544. The first kappa shape index (κ1) is 40.7. The molecule has 0 aromatic heterocycles. The van der Waals surface area contributed by atoms with Crippen molar-refractivity contribution in [3.63, 3.8) is 0 Å². The van der Waals surface area contributed by atoms with E-state index in [-0.39, 0.29) is 12.1 Å². The lowest BCUT2D eigenvalue weighted by Gasteiger charge is -2.58. The maximum atomic E-state index is 12.8. The molecule has 0 unspecified atom stereocenters. The highest BCUT2D eigenvalue weighted by Crippen LogP contribution is 2.67. The summed E-state index contributed by atoms with van der Waals surface area (Å²) in [5.41, 5.74) is 2.51. The van der Waals surface area contributed by atoms with E-state index in [4.69, 9.17) is 4.74 Å². The van der Waals surface area contributed by atoms with Gasteiger partial charge in [-0.05, 0) is 136 Å². The number of rotatable bonds is 22. The molecule has 0 aromatic rings. The zero-order valence-electron chi connectivity index (χ0n) is 33.8. The molecule has 0 aromatic carbocycles. The smallest absolute Gasteiger partial charge is 0.306 e. The second-order valence-corrected chi connectivity index (χ2v) is 18.6. The van der Waals surface area contributed by atoms with Gasteiger partial charge in [0.2, 0.25) is 0 Å². The first-order chi connectivity index (χ1) is 23.6. The fourth-order valence-corrected chi connectivity index (χ4v) is 12.0. The molecule has 0 bridgehead atoms. The number of fused-ring (bicyclic) bond motifs is 5. The van der Waals surface area contributed by atoms with E-state index in [1.807, 2.05) is 0 Å². The zero-order valence-corrected chi connectivity index (χ0v) is 33.8. The first-order valence-corrected chi connectivity index (χ1v) is 22.2. The Hall–Kier alpha value is -1.05. The number of esters is 1. The third kappa shape index (κ3) is 11.0. The number of hydrogen-bond donors (Lipinski definition) is 0. The topological polar surface area (TPSA) is 26.3 Å². The van der Waals surface area contributed by atoms with Gasteiger partial charge >= 0.3 is 5.97 Å². The number of carbonyl (C=O) groups is 1. The Morgan fingerprint density at radius 3 is 2.16 bits per heavy atom. The molecule has 4 rings (SSSR count). The Morgan fingerprint density at radius 1 is 0.816 bits per heavy atom. The van der Waals surface area contributed by atoms with Crippen molar-refractivity contribution < 1.29 is 9.53 Å². The average Bonchev–Trinajstić information content (AvgIpc) is 3.44. The van der Waals surface area contributed by atoms with Crippen molar-refractivity contribution >= 4 is 5.97 Å². The van der Waals surface area contributed by atoms with Crippen LogP contribution in [0.1, 0.15) is 209 Å². The third-order valence-corrected chi connectivity index (χ3v) is 15.2. The molecule has 0 spiro atoms. The molecule has 0 saturated heterocycles. The summed E-state index contributed by atoms with van der Waals surface area (Å²) in [6, 6.07) is 0. The lowest BCUT2D eigenvalue weighted by molar-refractivity contribution is -0.151. The highest BCUT2D eigenvalue weighted by Gasteiger charge is 2.59. The minimum Gasteiger partial charge on any atom is -0.462 e. The maximum Gasteiger partial charge on any atom is 0.306 e. The fraction of sp³-hybridized carbons (Fsp3) is 0.894. The lowest BCUT2D eigenvalue weighted by atomic mass is 9.47. The summed E-state index contributed by atoms with van der Waals surface area (Å²) in [6.45, 7) is 17.5. The molecule has 49 heavy (non-hydrogen) atoms. The van der Waals surface area contributed by atoms with Gasteiger partial charge in [-0.3, -0.25) is 4.79 Å². The minimum absolute atomic E-state index is 0.0544. The zero-order chi connectivity index (χ0) is 35.3. The molecule has 0 radical (unpaired) electrons. The van der Waals surface area contributed by atoms with Gasteiger partial charge < -0.3 is 4.74 Å². The predicted molar refractivity (Wildman–Crippen MR) is 212 cm³/mol. The van der Waals surface area contributed by atoms with E-state index in [1.54, 1.807) is 5.57 Å². The molecule has 0 heterocycles. The Kier molecular flexibility index (Phi) is 16.8. The lowest BCUT2D eigenvalue weighted by Crippen LogP contribution is -2.51. The van der Waals surface area contributed by atoms with Crippen LogP contribution in [0.5, 0.6) is 0 Å². The van der Waals surface area contributed by atoms with Gasteiger partial charge in [0.15, 0.2) is 0 Å². The third-order valence-electron chi connectivity index (χ3n) is 15.2. The van der Waals surface area contributed by atoms with Crippen LogP contribution in [-0.4, -0.2) is 12.1 Å². The van der Waals surface area contributed by atoms with Gasteiger partial charge in [-0.1, -0.05) is 136 Å². The van der Waals surface area contributed by atoms with Crippen LogP contribution in [-0.2, 0) is 9.53 Å². The fourth-order valence-electron chi connectivity index (χ4n) is 12.0. The van der Waals surface area contributed by atoms with Crippen LogP contribution in [0.25, 0.3) is 0 Å². The second-order valence-electron chi connectivity index (χ2n) is 18.6. The summed E-state index contributed by atoms with van der Waals surface area (Å²) in [7, 11) is 0. The Bertz CT molecular complexity index is 1020. The molecular formula is C47H82O2. The number of ether oxygens (including phenoxy) is 1. The van der Waals surface area contributed by atoms with Gasteiger partial charge in [0.1, 0.15) is 6.10 Å². The molecule has 282 valence electrons. The molecule has 9 atom stereocenters. The van der Waals surface area contributed by atoms with Gasteiger partial charge in [0.25, 0.3) is 0 Å². The van der Waals surface area contributed by atoms with E-state index in [2.05, 4.69) is 66.7 Å². The van der Waals surface area contributed by atoms with Crippen molar-refractivity contribution in [2.45, 2.75) is 215 Å². The molecule has 3 saturated carbocycles. The number of hydrogen-bond acceptors (Lipinski definition) is 2. The Labute approximate surface area is 305 Å². The molecule has 3 fully saturated rings. The standard InChI is InChI=1S/C47H82O2/c1-8-10-11-12-13-14-15-16-17-18-19-20-21-22-23-24-45(48)49-40-31-33-46(6)39(35-40)27-28-41-43-30-29-42(47(43,7)34-32-44(41)46)37(5)25-26-38(9-2)36(3)4/h16-17,27,36-38,40-44H,8-15,18-26,28-35H2,1-7H3/b17-16+/t37-,38-,40+,41+,42-,43+,44+,46+,47-/m1/s1. The van der Waals surface area contributed by atoms with Crippen molar-refractivity contribution in [3.05, 3.63) is 23.8 Å². The number of allylic oxidation sites excluding steroid dienone is 3. The van der Waals surface area contributed by atoms with E-state index in [0.29, 0.717) is 17.3 Å². The van der Waals surface area contributed by atoms with Gasteiger partial charge in [0, 0.05) is 12.8 Å². The van der Waals surface area contributed by atoms with Gasteiger partial charge in [-0.25, -0.2) is 0 Å². The van der Waals surface area contributed by atoms with Crippen LogP contribution in [0.15, 0.2) is 23.8 Å². The van der Waals surface area contributed by atoms with Crippen LogP contribution in [0, 0.1) is 52.3 Å². The van der Waals surface area contributed by atoms with Crippen molar-refractivity contribution in [1.29, 1.82) is 0 Å². The molecule has 0 N–H and O–H groups in total. The molecule has 0 amide bonds. The molecular weight excluding hydrogens is 597 g/mol. The van der Waals surface area contributed by atoms with Gasteiger partial charge in [-0.2, -0.15) is 0 Å². The summed E-state index contributed by atoms with van der Waals surface area (Å²) in [5, 5.41) is 0. The van der Waals surface area contributed by atoms with Crippen LogP contribution in [0.3, 0.4) is 0 Å². The number of carbonyl (C=O) groups excluding carboxylic acids is 1. The van der Waals surface area contributed by atoms with Crippen LogP contribution < -0.4 is 0 Å². The Balaban J connectivity index is 1.13. The maximum absolute atomic E-state index is 12.8. The summed E-state index contributed by atoms with van der Waals surface area (Å²) in [6.07, 6.45) is 39.4. The monoisotopic (exact) mass is 679 g/mol. The van der Waals surface area contributed by atoms with Crippen molar-refractivity contribution in [2.75, 3.05) is 0 Å². The van der Waals surface area contributed by atoms with E-state index in [9.17, 15) is 4.79 Å². The molecule has 4 aliphatic rings. The van der Waals surface area contributed by atoms with E-state index in [0.717, 1.165) is 67.1 Å². The van der Waals surface area contributed by atoms with Crippen molar-refractivity contribution in [2.24, 2.45) is 52.3 Å². The van der Waals surface area contributed by atoms with Crippen LogP contribution >= 0.6 is 0 Å². The summed E-state index contributed by atoms with van der Waals surface area (Å²) in [5.74, 6) is 6.15. The summed E-state index contributed by atoms with van der Waals surface area (Å²) in [4.78, 5) is 12.8. The summed E-state index contributed by atoms with van der Waals surface area (Å²) < 4.78 is 6.14. The van der Waals surface area contributed by atoms with Crippen LogP contribution in [0.2, 0.25) is 0 Å². The predicted octanol–water partition coefficient (Wildman–Crippen LogP) is 14.6. The van der Waals surface area contributed by atoms with E-state index in [1.165, 1.54) is 128 Å². The molecule has 0 aliphatic heterocycles. The van der Waals surface area contributed by atoms with Gasteiger partial charge in [-0.15, -0.1) is 0 Å². The molecule has 2 heteroatoms. The van der Waals surface area contributed by atoms with Crippen molar-refractivity contribution in [1.82, 2.24) is 0 Å². The molecule has 4 aliphatic carbocycles. The van der Waals surface area contributed by atoms with Crippen LogP contribution in [0.4, 0.5) is 0 Å².